The van der Waals surface area contributed by atoms with Gasteiger partial charge >= 0.3 is 0 Å². The molecule has 0 spiro atoms. The van der Waals surface area contributed by atoms with Crippen LogP contribution in [0.2, 0.25) is 0 Å². The summed E-state index contributed by atoms with van der Waals surface area (Å²) in [6.07, 6.45) is 7.15. The van der Waals surface area contributed by atoms with Gasteiger partial charge in [0.25, 0.3) is 0 Å². The van der Waals surface area contributed by atoms with Crippen LogP contribution in [0.4, 0.5) is 0 Å². The maximum atomic E-state index is 6.20. The number of nitrogens with zero attached hydrogens (tertiary/aromatic N) is 2. The van der Waals surface area contributed by atoms with Crippen LogP contribution in [0.15, 0.2) is 48.0 Å². The third-order valence-corrected chi connectivity index (χ3v) is 6.76. The van der Waals surface area contributed by atoms with Crippen LogP contribution in [0.25, 0.3) is 21.2 Å². The van der Waals surface area contributed by atoms with Crippen molar-refractivity contribution >= 4 is 21.4 Å². The molecule has 0 radical (unpaired) electrons. The molecule has 3 nitrogen and oxygen atoms in total. The van der Waals surface area contributed by atoms with E-state index in [0.717, 1.165) is 24.3 Å². The quantitative estimate of drug-likeness (QED) is 0.667. The van der Waals surface area contributed by atoms with Gasteiger partial charge in [-0.05, 0) is 73.3 Å². The van der Waals surface area contributed by atoms with E-state index in [9.17, 15) is 0 Å². The monoisotopic (exact) mass is 350 g/mol. The first-order valence-electron chi connectivity index (χ1n) is 9.08. The smallest absolute Gasteiger partial charge is 0.213 e. The molecule has 5 rings (SSSR count). The standard InChI is InChI=1S/C21H22N2OS/c1-23-17-4-5-18(23)12-19(11-17)24-21-7-3-16(13-22-21)14-2-6-20-15(10-14)8-9-25-20/h2-3,6-10,13,17-19H,4-5,11-12H2,1H3/t17-,18+,19?. The van der Waals surface area contributed by atoms with Crippen LogP contribution in [-0.4, -0.2) is 35.1 Å². The van der Waals surface area contributed by atoms with Gasteiger partial charge < -0.3 is 9.64 Å². The Labute approximate surface area is 152 Å². The zero-order valence-corrected chi connectivity index (χ0v) is 15.2. The van der Waals surface area contributed by atoms with E-state index in [-0.39, 0.29) is 0 Å². The topological polar surface area (TPSA) is 25.4 Å². The van der Waals surface area contributed by atoms with Crippen molar-refractivity contribution in [3.8, 4) is 17.0 Å². The molecule has 1 aromatic carbocycles. The highest BCUT2D eigenvalue weighted by molar-refractivity contribution is 7.17. The second-order valence-electron chi connectivity index (χ2n) is 7.32. The fourth-order valence-electron chi connectivity index (χ4n) is 4.40. The summed E-state index contributed by atoms with van der Waals surface area (Å²) >= 11 is 1.78. The van der Waals surface area contributed by atoms with Crippen LogP contribution in [0.5, 0.6) is 5.88 Å². The lowest BCUT2D eigenvalue weighted by Gasteiger charge is -2.36. The molecule has 4 heteroatoms. The van der Waals surface area contributed by atoms with Crippen LogP contribution in [-0.2, 0) is 0 Å². The van der Waals surface area contributed by atoms with Gasteiger partial charge in [0.05, 0.1) is 0 Å². The van der Waals surface area contributed by atoms with Crippen LogP contribution >= 0.6 is 11.3 Å². The van der Waals surface area contributed by atoms with Gasteiger partial charge in [-0.3, -0.25) is 0 Å². The molecule has 2 aliphatic heterocycles. The molecule has 3 aromatic rings. The van der Waals surface area contributed by atoms with Crippen LogP contribution < -0.4 is 4.74 Å². The van der Waals surface area contributed by atoms with Crippen molar-refractivity contribution in [3.63, 3.8) is 0 Å². The second-order valence-corrected chi connectivity index (χ2v) is 8.27. The van der Waals surface area contributed by atoms with Gasteiger partial charge in [0.15, 0.2) is 0 Å². The maximum absolute atomic E-state index is 6.20. The highest BCUT2D eigenvalue weighted by atomic mass is 32.1. The molecule has 25 heavy (non-hydrogen) atoms. The fraction of sp³-hybridized carbons (Fsp3) is 0.381. The molecule has 4 heterocycles. The van der Waals surface area contributed by atoms with Crippen molar-refractivity contribution < 1.29 is 4.74 Å². The maximum Gasteiger partial charge on any atom is 0.213 e. The van der Waals surface area contributed by atoms with Gasteiger partial charge in [-0.1, -0.05) is 6.07 Å². The summed E-state index contributed by atoms with van der Waals surface area (Å²) in [6.45, 7) is 0. The molecular weight excluding hydrogens is 328 g/mol. The molecule has 0 aliphatic carbocycles. The van der Waals surface area contributed by atoms with Crippen LogP contribution in [0.3, 0.4) is 0 Å². The van der Waals surface area contributed by atoms with E-state index in [1.165, 1.54) is 28.5 Å². The third kappa shape index (κ3) is 2.83. The highest BCUT2D eigenvalue weighted by Crippen LogP contribution is 2.36. The van der Waals surface area contributed by atoms with Crippen molar-refractivity contribution in [1.29, 1.82) is 0 Å². The van der Waals surface area contributed by atoms with E-state index in [2.05, 4.69) is 52.6 Å². The minimum absolute atomic E-state index is 0.314. The summed E-state index contributed by atoms with van der Waals surface area (Å²) in [6, 6.07) is 14.3. The average molecular weight is 350 g/mol. The van der Waals surface area contributed by atoms with Crippen molar-refractivity contribution in [2.45, 2.75) is 43.9 Å². The van der Waals surface area contributed by atoms with Crippen molar-refractivity contribution in [1.82, 2.24) is 9.88 Å². The molecule has 1 unspecified atom stereocenters. The van der Waals surface area contributed by atoms with Crippen molar-refractivity contribution in [2.24, 2.45) is 0 Å². The first-order chi connectivity index (χ1) is 12.3. The first-order valence-corrected chi connectivity index (χ1v) is 9.96. The lowest BCUT2D eigenvalue weighted by molar-refractivity contribution is 0.0633. The number of pyridine rings is 1. The Hall–Kier alpha value is -1.91. The lowest BCUT2D eigenvalue weighted by Crippen LogP contribution is -2.43. The number of thiophene rings is 1. The fourth-order valence-corrected chi connectivity index (χ4v) is 5.17. The van der Waals surface area contributed by atoms with Gasteiger partial charge in [0.2, 0.25) is 5.88 Å². The SMILES string of the molecule is CN1[C@@H]2CC[C@H]1CC(Oc1ccc(-c3ccc4sccc4c3)cn1)C2. The van der Waals surface area contributed by atoms with E-state index < -0.39 is 0 Å². The third-order valence-electron chi connectivity index (χ3n) is 5.86. The van der Waals surface area contributed by atoms with E-state index in [1.807, 2.05) is 12.3 Å². The van der Waals surface area contributed by atoms with Gasteiger partial charge in [-0.25, -0.2) is 4.98 Å². The highest BCUT2D eigenvalue weighted by Gasteiger charge is 2.39. The summed E-state index contributed by atoms with van der Waals surface area (Å²) in [5, 5.41) is 3.43. The molecule has 3 atom stereocenters. The Morgan fingerprint density at radius 3 is 2.60 bits per heavy atom. The number of hydrogen-bond donors (Lipinski definition) is 0. The summed E-state index contributed by atoms with van der Waals surface area (Å²) in [5.41, 5.74) is 2.35. The van der Waals surface area contributed by atoms with Gasteiger partial charge in [0, 0.05) is 34.6 Å². The second kappa shape index (κ2) is 6.11. The van der Waals surface area contributed by atoms with Gasteiger partial charge in [-0.15, -0.1) is 11.3 Å². The molecule has 2 fully saturated rings. The largest absolute Gasteiger partial charge is 0.474 e. The molecule has 0 amide bonds. The molecule has 0 saturated carbocycles. The number of fused-ring (bicyclic) bond motifs is 3. The Morgan fingerprint density at radius 1 is 1.04 bits per heavy atom. The summed E-state index contributed by atoms with van der Waals surface area (Å²) in [5.74, 6) is 0.759. The zero-order chi connectivity index (χ0) is 16.8. The minimum atomic E-state index is 0.314. The van der Waals surface area contributed by atoms with E-state index >= 15 is 0 Å². The number of benzene rings is 1. The number of aromatic nitrogens is 1. The molecule has 128 valence electrons. The van der Waals surface area contributed by atoms with Gasteiger partial charge in [-0.2, -0.15) is 0 Å². The summed E-state index contributed by atoms with van der Waals surface area (Å²) in [7, 11) is 2.26. The Morgan fingerprint density at radius 2 is 1.84 bits per heavy atom. The van der Waals surface area contributed by atoms with Crippen LogP contribution in [0.1, 0.15) is 25.7 Å². The lowest BCUT2D eigenvalue weighted by atomic mass is 10.0. The van der Waals surface area contributed by atoms with Crippen molar-refractivity contribution in [3.05, 3.63) is 48.0 Å². The first kappa shape index (κ1) is 15.4. The van der Waals surface area contributed by atoms with Crippen molar-refractivity contribution in [2.75, 3.05) is 7.05 Å². The minimum Gasteiger partial charge on any atom is -0.474 e. The zero-order valence-electron chi connectivity index (χ0n) is 14.4. The van der Waals surface area contributed by atoms with E-state index in [1.54, 1.807) is 11.3 Å². The predicted octanol–water partition coefficient (Wildman–Crippen LogP) is 4.97. The number of ether oxygens (including phenoxy) is 1. The molecule has 0 N–H and O–H groups in total. The number of rotatable bonds is 3. The summed E-state index contributed by atoms with van der Waals surface area (Å²) < 4.78 is 7.52. The predicted molar refractivity (Wildman–Crippen MR) is 103 cm³/mol. The van der Waals surface area contributed by atoms with E-state index in [0.29, 0.717) is 18.2 Å². The Bertz CT molecular complexity index is 874. The molecule has 2 bridgehead atoms. The molecule has 2 saturated heterocycles. The molecule has 2 aliphatic rings. The van der Waals surface area contributed by atoms with Gasteiger partial charge in [0.1, 0.15) is 6.10 Å². The summed E-state index contributed by atoms with van der Waals surface area (Å²) in [4.78, 5) is 7.11. The normalized spacial score (nSPS) is 26.2. The number of piperidine rings is 1. The Kier molecular flexibility index (Phi) is 3.75. The molecular formula is C21H22N2OS. The Balaban J connectivity index is 1.31. The van der Waals surface area contributed by atoms with Crippen LogP contribution in [0, 0.1) is 0 Å². The number of hydrogen-bond acceptors (Lipinski definition) is 4. The molecule has 2 aromatic heterocycles. The van der Waals surface area contributed by atoms with E-state index in [4.69, 9.17) is 4.74 Å². The average Bonchev–Trinajstić information content (AvgIpc) is 3.16.